The number of amides is 1. The van der Waals surface area contributed by atoms with E-state index >= 15 is 0 Å². The van der Waals surface area contributed by atoms with E-state index in [1.54, 1.807) is 11.8 Å². The number of likely N-dealkylation sites (tertiary alicyclic amines) is 1. The molecule has 160 valence electrons. The number of sulfonamides is 1. The number of piperidine rings is 2. The second kappa shape index (κ2) is 9.21. The van der Waals surface area contributed by atoms with Crippen LogP contribution < -0.4 is 0 Å². The van der Waals surface area contributed by atoms with E-state index in [0.29, 0.717) is 45.5 Å². The fourth-order valence-corrected chi connectivity index (χ4v) is 5.53. The van der Waals surface area contributed by atoms with E-state index in [1.165, 1.54) is 16.4 Å². The van der Waals surface area contributed by atoms with Crippen molar-refractivity contribution in [1.82, 2.24) is 9.21 Å². The molecule has 0 N–H and O–H groups in total. The molecule has 2 aliphatic heterocycles. The maximum Gasteiger partial charge on any atom is 0.310 e. The predicted octanol–water partition coefficient (Wildman–Crippen LogP) is 2.03. The van der Waals surface area contributed by atoms with Gasteiger partial charge >= 0.3 is 5.97 Å². The lowest BCUT2D eigenvalue weighted by molar-refractivity contribution is -0.152. The quantitative estimate of drug-likeness (QED) is 0.673. The first kappa shape index (κ1) is 21.7. The molecule has 1 aromatic carbocycles. The van der Waals surface area contributed by atoms with Gasteiger partial charge in [0.1, 0.15) is 5.82 Å². The van der Waals surface area contributed by atoms with E-state index in [-0.39, 0.29) is 29.2 Å². The van der Waals surface area contributed by atoms with Gasteiger partial charge in [0.05, 0.1) is 23.3 Å². The van der Waals surface area contributed by atoms with Gasteiger partial charge in [-0.25, -0.2) is 12.8 Å². The lowest BCUT2D eigenvalue weighted by atomic mass is 9.94. The summed E-state index contributed by atoms with van der Waals surface area (Å²) >= 11 is 0. The van der Waals surface area contributed by atoms with Gasteiger partial charge in [-0.3, -0.25) is 9.59 Å². The minimum Gasteiger partial charge on any atom is -0.466 e. The SMILES string of the molecule is CCOC(=O)[C@H]1CCCN(C(=O)[C@H]2CCCN(S(=O)(=O)c3ccc(F)cc3)C2)C1. The molecule has 0 unspecified atom stereocenters. The second-order valence-electron chi connectivity index (χ2n) is 7.53. The van der Waals surface area contributed by atoms with Crippen LogP contribution in [0.25, 0.3) is 0 Å². The first-order valence-corrected chi connectivity index (χ1v) is 11.5. The highest BCUT2D eigenvalue weighted by Crippen LogP contribution is 2.27. The Morgan fingerprint density at radius 1 is 1.07 bits per heavy atom. The fourth-order valence-electron chi connectivity index (χ4n) is 4.01. The monoisotopic (exact) mass is 426 g/mol. The lowest BCUT2D eigenvalue weighted by Crippen LogP contribution is -2.50. The van der Waals surface area contributed by atoms with Crippen molar-refractivity contribution < 1.29 is 27.1 Å². The first-order chi connectivity index (χ1) is 13.8. The number of ether oxygens (including phenoxy) is 1. The number of carbonyl (C=O) groups is 2. The van der Waals surface area contributed by atoms with Gasteiger partial charge in [0.15, 0.2) is 0 Å². The van der Waals surface area contributed by atoms with Crippen LogP contribution >= 0.6 is 0 Å². The summed E-state index contributed by atoms with van der Waals surface area (Å²) in [5.41, 5.74) is 0. The number of hydrogen-bond acceptors (Lipinski definition) is 5. The predicted molar refractivity (Wildman–Crippen MR) is 104 cm³/mol. The minimum absolute atomic E-state index is 0.0207. The third kappa shape index (κ3) is 4.95. The van der Waals surface area contributed by atoms with Crippen LogP contribution in [-0.4, -0.2) is 62.3 Å². The van der Waals surface area contributed by atoms with Gasteiger partial charge in [0, 0.05) is 26.2 Å². The molecular weight excluding hydrogens is 399 g/mol. The minimum atomic E-state index is -3.79. The molecule has 1 aromatic rings. The van der Waals surface area contributed by atoms with E-state index in [9.17, 15) is 22.4 Å². The van der Waals surface area contributed by atoms with E-state index < -0.39 is 21.8 Å². The maximum atomic E-state index is 13.1. The first-order valence-electron chi connectivity index (χ1n) is 10.0. The number of benzene rings is 1. The van der Waals surface area contributed by atoms with Gasteiger partial charge in [-0.2, -0.15) is 4.31 Å². The van der Waals surface area contributed by atoms with E-state index in [2.05, 4.69) is 0 Å². The summed E-state index contributed by atoms with van der Waals surface area (Å²) < 4.78 is 45.3. The Morgan fingerprint density at radius 2 is 1.72 bits per heavy atom. The Bertz CT molecular complexity index is 843. The molecule has 2 heterocycles. The van der Waals surface area contributed by atoms with Crippen LogP contribution in [0.2, 0.25) is 0 Å². The van der Waals surface area contributed by atoms with Gasteiger partial charge in [0.25, 0.3) is 0 Å². The molecule has 0 aromatic heterocycles. The van der Waals surface area contributed by atoms with Crippen molar-refractivity contribution in [3.63, 3.8) is 0 Å². The zero-order valence-electron chi connectivity index (χ0n) is 16.5. The average Bonchev–Trinajstić information content (AvgIpc) is 2.74. The smallest absolute Gasteiger partial charge is 0.310 e. The van der Waals surface area contributed by atoms with Gasteiger partial charge in [0.2, 0.25) is 15.9 Å². The molecule has 0 aliphatic carbocycles. The van der Waals surface area contributed by atoms with Crippen molar-refractivity contribution in [1.29, 1.82) is 0 Å². The number of esters is 1. The molecule has 7 nitrogen and oxygen atoms in total. The van der Waals surface area contributed by atoms with Crippen LogP contribution in [0.4, 0.5) is 4.39 Å². The van der Waals surface area contributed by atoms with Crippen molar-refractivity contribution in [3.05, 3.63) is 30.1 Å². The van der Waals surface area contributed by atoms with Gasteiger partial charge < -0.3 is 9.64 Å². The molecule has 2 aliphatic rings. The molecule has 0 radical (unpaired) electrons. The molecular formula is C20H27FN2O5S. The number of hydrogen-bond donors (Lipinski definition) is 0. The van der Waals surface area contributed by atoms with Crippen LogP contribution in [0.15, 0.2) is 29.2 Å². The number of nitrogens with zero attached hydrogens (tertiary/aromatic N) is 2. The molecule has 2 fully saturated rings. The third-order valence-corrected chi connectivity index (χ3v) is 7.42. The molecule has 2 saturated heterocycles. The topological polar surface area (TPSA) is 84.0 Å². The molecule has 0 saturated carbocycles. The summed E-state index contributed by atoms with van der Waals surface area (Å²) in [4.78, 5) is 26.8. The highest BCUT2D eigenvalue weighted by Gasteiger charge is 2.37. The molecule has 0 bridgehead atoms. The Labute approximate surface area is 170 Å². The molecule has 29 heavy (non-hydrogen) atoms. The van der Waals surface area contributed by atoms with Crippen LogP contribution in [0.3, 0.4) is 0 Å². The van der Waals surface area contributed by atoms with Crippen molar-refractivity contribution >= 4 is 21.9 Å². The van der Waals surface area contributed by atoms with E-state index in [4.69, 9.17) is 4.74 Å². The summed E-state index contributed by atoms with van der Waals surface area (Å²) in [5, 5.41) is 0. The Morgan fingerprint density at radius 3 is 2.41 bits per heavy atom. The molecule has 1 amide bonds. The van der Waals surface area contributed by atoms with E-state index in [1.807, 2.05) is 0 Å². The van der Waals surface area contributed by atoms with Crippen molar-refractivity contribution in [2.24, 2.45) is 11.8 Å². The number of rotatable bonds is 5. The fraction of sp³-hybridized carbons (Fsp3) is 0.600. The van der Waals surface area contributed by atoms with Gasteiger partial charge in [-0.15, -0.1) is 0 Å². The molecule has 2 atom stereocenters. The Balaban J connectivity index is 1.67. The largest absolute Gasteiger partial charge is 0.466 e. The zero-order valence-corrected chi connectivity index (χ0v) is 17.4. The van der Waals surface area contributed by atoms with Crippen LogP contribution in [0.5, 0.6) is 0 Å². The summed E-state index contributed by atoms with van der Waals surface area (Å²) in [6, 6.07) is 4.71. The normalized spacial score (nSPS) is 23.6. The maximum absolute atomic E-state index is 13.1. The van der Waals surface area contributed by atoms with Gasteiger partial charge in [-0.05, 0) is 56.9 Å². The van der Waals surface area contributed by atoms with Crippen molar-refractivity contribution in [2.75, 3.05) is 32.8 Å². The molecule has 0 spiro atoms. The Hall–Kier alpha value is -2.00. The third-order valence-electron chi connectivity index (χ3n) is 5.54. The summed E-state index contributed by atoms with van der Waals surface area (Å²) in [7, 11) is -3.79. The van der Waals surface area contributed by atoms with Crippen LogP contribution in [0, 0.1) is 17.7 Å². The molecule has 9 heteroatoms. The number of halogens is 1. The highest BCUT2D eigenvalue weighted by molar-refractivity contribution is 7.89. The van der Waals surface area contributed by atoms with Crippen molar-refractivity contribution in [3.8, 4) is 0 Å². The second-order valence-corrected chi connectivity index (χ2v) is 9.47. The van der Waals surface area contributed by atoms with Gasteiger partial charge in [-0.1, -0.05) is 0 Å². The van der Waals surface area contributed by atoms with Crippen LogP contribution in [-0.2, 0) is 24.3 Å². The summed E-state index contributed by atoms with van der Waals surface area (Å²) in [6.45, 7) is 3.37. The van der Waals surface area contributed by atoms with Crippen molar-refractivity contribution in [2.45, 2.75) is 37.5 Å². The summed E-state index contributed by atoms with van der Waals surface area (Å²) in [6.07, 6.45) is 2.60. The number of carbonyl (C=O) groups excluding carboxylic acids is 2. The van der Waals surface area contributed by atoms with Crippen LogP contribution in [0.1, 0.15) is 32.6 Å². The average molecular weight is 427 g/mol. The molecule has 3 rings (SSSR count). The lowest BCUT2D eigenvalue weighted by Gasteiger charge is -2.37. The Kier molecular flexibility index (Phi) is 6.89. The van der Waals surface area contributed by atoms with E-state index in [0.717, 1.165) is 18.6 Å². The zero-order chi connectivity index (χ0) is 21.0. The summed E-state index contributed by atoms with van der Waals surface area (Å²) in [5.74, 6) is -1.67. The standard InChI is InChI=1S/C20H27FN2O5S/c1-2-28-20(25)16-6-3-11-22(13-16)19(24)15-5-4-12-23(14-15)29(26,27)18-9-7-17(21)8-10-18/h7-10,15-16H,2-6,11-14H2,1H3/t15-,16-/m0/s1. The highest BCUT2D eigenvalue weighted by atomic mass is 32.2.